The van der Waals surface area contributed by atoms with E-state index < -0.39 is 5.83 Å². The van der Waals surface area contributed by atoms with Gasteiger partial charge in [0.1, 0.15) is 5.83 Å². The van der Waals surface area contributed by atoms with E-state index in [0.29, 0.717) is 29.7 Å². The fourth-order valence-corrected chi connectivity index (χ4v) is 4.69. The van der Waals surface area contributed by atoms with E-state index in [1.807, 2.05) is 6.92 Å². The molecule has 6 heteroatoms. The normalized spacial score (nSPS) is 27.2. The van der Waals surface area contributed by atoms with Gasteiger partial charge in [-0.3, -0.25) is 9.10 Å². The Bertz CT molecular complexity index is 759. The molecule has 0 bridgehead atoms. The molecular formula is C19H26FN3OS. The van der Waals surface area contributed by atoms with Gasteiger partial charge in [0.2, 0.25) is 0 Å². The van der Waals surface area contributed by atoms with Crippen LogP contribution in [0.15, 0.2) is 29.3 Å². The number of hydrogen-bond donors (Lipinski definition) is 1. The molecule has 1 saturated carbocycles. The number of nitrogens with two attached hydrogens (primary N) is 1. The maximum Gasteiger partial charge on any atom is 0.258 e. The van der Waals surface area contributed by atoms with E-state index in [2.05, 4.69) is 23.2 Å². The summed E-state index contributed by atoms with van der Waals surface area (Å²) >= 11 is 1.78. The van der Waals surface area contributed by atoms with Crippen molar-refractivity contribution in [1.82, 2.24) is 8.87 Å². The van der Waals surface area contributed by atoms with Crippen LogP contribution in [0.1, 0.15) is 29.7 Å². The second-order valence-electron chi connectivity index (χ2n) is 7.17. The minimum atomic E-state index is -0.505. The van der Waals surface area contributed by atoms with Gasteiger partial charge in [-0.15, -0.1) is 0 Å². The van der Waals surface area contributed by atoms with Crippen LogP contribution < -0.4 is 11.3 Å². The minimum absolute atomic E-state index is 0.0930. The Morgan fingerprint density at radius 1 is 1.52 bits per heavy atom. The molecule has 0 spiro atoms. The second-order valence-corrected chi connectivity index (χ2v) is 8.05. The van der Waals surface area contributed by atoms with Crippen molar-refractivity contribution in [1.29, 1.82) is 0 Å². The molecule has 2 fully saturated rings. The Morgan fingerprint density at radius 2 is 2.16 bits per heavy atom. The number of allylic oxidation sites excluding steroid dienone is 2. The topological polar surface area (TPSA) is 51.3 Å². The van der Waals surface area contributed by atoms with E-state index in [9.17, 15) is 9.18 Å². The summed E-state index contributed by atoms with van der Waals surface area (Å²) in [5.74, 6) is 1.16. The van der Waals surface area contributed by atoms with Crippen molar-refractivity contribution in [2.45, 2.75) is 25.3 Å². The number of halogens is 1. The number of hydrogen-bond acceptors (Lipinski definition) is 4. The fraction of sp³-hybridized carbons (Fsp3) is 0.526. The highest BCUT2D eigenvalue weighted by Gasteiger charge is 2.57. The lowest BCUT2D eigenvalue weighted by Crippen LogP contribution is -2.28. The van der Waals surface area contributed by atoms with Crippen LogP contribution in [0.5, 0.6) is 0 Å². The summed E-state index contributed by atoms with van der Waals surface area (Å²) in [6.07, 6.45) is 5.05. The average Bonchev–Trinajstić information content (AvgIpc) is 3.06. The lowest BCUT2D eigenvalue weighted by atomic mass is 9.99. The predicted molar refractivity (Wildman–Crippen MR) is 103 cm³/mol. The molecule has 1 aromatic heterocycles. The first-order valence-corrected chi connectivity index (χ1v) is 9.82. The monoisotopic (exact) mass is 363 g/mol. The molecule has 25 heavy (non-hydrogen) atoms. The van der Waals surface area contributed by atoms with Crippen molar-refractivity contribution in [2.24, 2.45) is 24.6 Å². The molecular weight excluding hydrogens is 337 g/mol. The maximum absolute atomic E-state index is 13.7. The second kappa shape index (κ2) is 7.09. The van der Waals surface area contributed by atoms with Gasteiger partial charge in [-0.05, 0) is 55.2 Å². The Hall–Kier alpha value is -1.37. The molecule has 2 heterocycles. The van der Waals surface area contributed by atoms with E-state index in [4.69, 9.17) is 5.73 Å². The van der Waals surface area contributed by atoms with Crippen molar-refractivity contribution in [2.75, 3.05) is 19.3 Å². The average molecular weight is 364 g/mol. The smallest absolute Gasteiger partial charge is 0.258 e. The van der Waals surface area contributed by atoms with E-state index >= 15 is 0 Å². The quantitative estimate of drug-likeness (QED) is 0.624. The molecule has 2 aliphatic rings. The van der Waals surface area contributed by atoms with Gasteiger partial charge >= 0.3 is 0 Å². The van der Waals surface area contributed by atoms with Gasteiger partial charge < -0.3 is 10.3 Å². The molecule has 1 aliphatic heterocycles. The first kappa shape index (κ1) is 18.4. The number of piperidine rings is 1. The number of rotatable bonds is 6. The van der Waals surface area contributed by atoms with Gasteiger partial charge in [-0.1, -0.05) is 18.5 Å². The summed E-state index contributed by atoms with van der Waals surface area (Å²) in [4.78, 5) is 12.9. The molecule has 0 amide bonds. The van der Waals surface area contributed by atoms with Crippen LogP contribution in [0.2, 0.25) is 0 Å². The van der Waals surface area contributed by atoms with Gasteiger partial charge in [0, 0.05) is 43.4 Å². The van der Waals surface area contributed by atoms with Crippen LogP contribution in [-0.4, -0.2) is 34.3 Å². The van der Waals surface area contributed by atoms with Crippen LogP contribution in [0.3, 0.4) is 0 Å². The summed E-state index contributed by atoms with van der Waals surface area (Å²) < 4.78 is 17.8. The summed E-state index contributed by atoms with van der Waals surface area (Å²) in [5, 5.41) is 0. The van der Waals surface area contributed by atoms with Crippen LogP contribution >= 0.6 is 11.9 Å². The van der Waals surface area contributed by atoms with Gasteiger partial charge in [0.05, 0.1) is 0 Å². The van der Waals surface area contributed by atoms with Crippen molar-refractivity contribution >= 4 is 18.0 Å². The van der Waals surface area contributed by atoms with E-state index in [1.54, 1.807) is 23.6 Å². The summed E-state index contributed by atoms with van der Waals surface area (Å²) in [6, 6.07) is 1.98. The third kappa shape index (κ3) is 3.48. The first-order valence-electron chi connectivity index (χ1n) is 8.64. The van der Waals surface area contributed by atoms with E-state index in [-0.39, 0.29) is 11.6 Å². The van der Waals surface area contributed by atoms with E-state index in [1.165, 1.54) is 6.08 Å². The lowest BCUT2D eigenvalue weighted by molar-refractivity contribution is 0.491. The van der Waals surface area contributed by atoms with Crippen molar-refractivity contribution in [3.63, 3.8) is 0 Å². The van der Waals surface area contributed by atoms with Gasteiger partial charge in [-0.2, -0.15) is 0 Å². The molecule has 0 radical (unpaired) electrons. The van der Waals surface area contributed by atoms with Crippen LogP contribution in [0.25, 0.3) is 6.08 Å². The maximum atomic E-state index is 13.7. The summed E-state index contributed by atoms with van der Waals surface area (Å²) in [7, 11) is 1.79. The molecule has 3 unspecified atom stereocenters. The Balaban J connectivity index is 2.00. The molecule has 3 atom stereocenters. The predicted octanol–water partition coefficient (Wildman–Crippen LogP) is 2.69. The molecule has 3 rings (SSSR count). The number of fused-ring (bicyclic) bond motifs is 1. The lowest BCUT2D eigenvalue weighted by Gasteiger charge is -2.19. The van der Waals surface area contributed by atoms with Gasteiger partial charge in [0.15, 0.2) is 0 Å². The Kier molecular flexibility index (Phi) is 5.23. The first-order chi connectivity index (χ1) is 11.9. The molecule has 0 aromatic carbocycles. The zero-order valence-electron chi connectivity index (χ0n) is 15.0. The zero-order chi connectivity index (χ0) is 18.3. The molecule has 136 valence electrons. The van der Waals surface area contributed by atoms with Crippen molar-refractivity contribution in [3.05, 3.63) is 51.7 Å². The fourth-order valence-electron chi connectivity index (χ4n) is 4.05. The SMILES string of the molecule is C=C/C(F)=C\c1c(CC(C)N)cc(C2C3CN(SC)CC32)n(C)c1=O. The largest absolute Gasteiger partial charge is 0.328 e. The Labute approximate surface area is 152 Å². The standard InChI is InChI=1S/C19H26FN3OS/c1-5-13(20)8-14-12(6-11(2)21)7-17(22(3)19(14)24)18-15-9-23(25-4)10-16(15)18/h5,7-8,11,15-16,18H,1,6,9-10,21H2,2-4H3/b13-8+. The molecule has 2 N–H and O–H groups in total. The summed E-state index contributed by atoms with van der Waals surface area (Å²) in [5.41, 5.74) is 8.09. The summed E-state index contributed by atoms with van der Waals surface area (Å²) in [6.45, 7) is 7.46. The minimum Gasteiger partial charge on any atom is -0.328 e. The number of nitrogens with zero attached hydrogens (tertiary/aromatic N) is 2. The molecule has 1 aromatic rings. The van der Waals surface area contributed by atoms with Gasteiger partial charge in [0.25, 0.3) is 5.56 Å². The van der Waals surface area contributed by atoms with Crippen LogP contribution in [0, 0.1) is 11.8 Å². The highest BCUT2D eigenvalue weighted by Crippen LogP contribution is 2.58. The third-order valence-electron chi connectivity index (χ3n) is 5.37. The molecule has 1 saturated heterocycles. The number of aromatic nitrogens is 1. The Morgan fingerprint density at radius 3 is 2.68 bits per heavy atom. The highest BCUT2D eigenvalue weighted by molar-refractivity contribution is 7.96. The molecule has 4 nitrogen and oxygen atoms in total. The van der Waals surface area contributed by atoms with E-state index in [0.717, 1.165) is 30.4 Å². The highest BCUT2D eigenvalue weighted by atomic mass is 32.2. The third-order valence-corrected chi connectivity index (χ3v) is 6.18. The van der Waals surface area contributed by atoms with Crippen molar-refractivity contribution in [3.8, 4) is 0 Å². The number of pyridine rings is 1. The van der Waals surface area contributed by atoms with Crippen molar-refractivity contribution < 1.29 is 4.39 Å². The van der Waals surface area contributed by atoms with Crippen LogP contribution in [0.4, 0.5) is 4.39 Å². The zero-order valence-corrected chi connectivity index (χ0v) is 15.9. The molecule has 1 aliphatic carbocycles. The van der Waals surface area contributed by atoms with Gasteiger partial charge in [-0.25, -0.2) is 4.39 Å². The van der Waals surface area contributed by atoms with Crippen LogP contribution in [-0.2, 0) is 13.5 Å².